The van der Waals surface area contributed by atoms with Crippen LogP contribution in [0.5, 0.6) is 0 Å². The second kappa shape index (κ2) is 8.08. The summed E-state index contributed by atoms with van der Waals surface area (Å²) in [6.07, 6.45) is 1.20. The van der Waals surface area contributed by atoms with Crippen LogP contribution in [0.25, 0.3) is 0 Å². The molecular weight excluding hydrogens is 392 g/mol. The van der Waals surface area contributed by atoms with Gasteiger partial charge in [0.1, 0.15) is 6.10 Å². The van der Waals surface area contributed by atoms with Gasteiger partial charge in [0.05, 0.1) is 18.0 Å². The van der Waals surface area contributed by atoms with E-state index in [9.17, 15) is 9.59 Å². The molecule has 154 valence electrons. The molecule has 0 aliphatic carbocycles. The summed E-state index contributed by atoms with van der Waals surface area (Å²) in [6, 6.07) is 5.71. The molecule has 8 heteroatoms. The van der Waals surface area contributed by atoms with Gasteiger partial charge >= 0.3 is 6.09 Å². The molecule has 0 bridgehead atoms. The van der Waals surface area contributed by atoms with Gasteiger partial charge in [-0.25, -0.2) is 4.79 Å². The molecule has 1 aromatic carbocycles. The standard InChI is InChI=1S/C20H30N2O4SSi/c1-20(2,3)28(4,5)25-10-6-7-15-12-22(19(24)26-15)14-8-9-17-16(11-14)21-18(23)13-27-17/h8-9,11,15H,6-7,10,12-13H2,1-5H3,(H,21,23)/t15-/m1/s1. The Morgan fingerprint density at radius 3 is 2.79 bits per heavy atom. The van der Waals surface area contributed by atoms with Gasteiger partial charge in [-0.2, -0.15) is 0 Å². The van der Waals surface area contributed by atoms with Crippen LogP contribution in [0.3, 0.4) is 0 Å². The first-order valence-electron chi connectivity index (χ1n) is 9.76. The van der Waals surface area contributed by atoms with Gasteiger partial charge in [-0.15, -0.1) is 11.8 Å². The molecule has 2 heterocycles. The summed E-state index contributed by atoms with van der Waals surface area (Å²) in [5.74, 6) is 0.412. The summed E-state index contributed by atoms with van der Waals surface area (Å²) in [4.78, 5) is 26.6. The monoisotopic (exact) mass is 422 g/mol. The number of benzene rings is 1. The van der Waals surface area contributed by atoms with Crippen molar-refractivity contribution in [3.05, 3.63) is 18.2 Å². The fourth-order valence-electron chi connectivity index (χ4n) is 2.98. The average molecular weight is 423 g/mol. The van der Waals surface area contributed by atoms with Crippen molar-refractivity contribution in [2.75, 3.05) is 29.1 Å². The second-order valence-electron chi connectivity index (χ2n) is 8.88. The Hall–Kier alpha value is -1.51. The fourth-order valence-corrected chi connectivity index (χ4v) is 4.85. The normalized spacial score (nSPS) is 20.0. The highest BCUT2D eigenvalue weighted by Gasteiger charge is 2.37. The largest absolute Gasteiger partial charge is 0.444 e. The van der Waals surface area contributed by atoms with Crippen molar-refractivity contribution in [1.29, 1.82) is 0 Å². The summed E-state index contributed by atoms with van der Waals surface area (Å²) in [5.41, 5.74) is 1.52. The lowest BCUT2D eigenvalue weighted by atomic mass is 10.2. The summed E-state index contributed by atoms with van der Waals surface area (Å²) < 4.78 is 11.7. The smallest absolute Gasteiger partial charge is 0.414 e. The van der Waals surface area contributed by atoms with Crippen LogP contribution in [-0.4, -0.2) is 45.3 Å². The lowest BCUT2D eigenvalue weighted by Gasteiger charge is -2.36. The van der Waals surface area contributed by atoms with Gasteiger partial charge in [-0.05, 0) is 49.2 Å². The topological polar surface area (TPSA) is 67.9 Å². The molecule has 28 heavy (non-hydrogen) atoms. The highest BCUT2D eigenvalue weighted by molar-refractivity contribution is 8.00. The molecule has 1 atom stereocenters. The Balaban J connectivity index is 1.53. The van der Waals surface area contributed by atoms with E-state index in [0.717, 1.165) is 29.1 Å². The van der Waals surface area contributed by atoms with Crippen LogP contribution in [-0.2, 0) is 14.0 Å². The average Bonchev–Trinajstić information content (AvgIpc) is 2.98. The van der Waals surface area contributed by atoms with Crippen LogP contribution in [0.2, 0.25) is 18.1 Å². The third-order valence-corrected chi connectivity index (χ3v) is 11.3. The van der Waals surface area contributed by atoms with E-state index in [1.54, 1.807) is 4.90 Å². The number of nitrogens with one attached hydrogen (secondary N) is 1. The number of hydrogen-bond donors (Lipinski definition) is 1. The summed E-state index contributed by atoms with van der Waals surface area (Å²) >= 11 is 1.51. The Bertz CT molecular complexity index is 763. The van der Waals surface area contributed by atoms with Crippen molar-refractivity contribution in [3.8, 4) is 0 Å². The minimum absolute atomic E-state index is 0.0155. The van der Waals surface area contributed by atoms with Crippen molar-refractivity contribution in [1.82, 2.24) is 0 Å². The highest BCUT2D eigenvalue weighted by atomic mass is 32.2. The number of nitrogens with zero attached hydrogens (tertiary/aromatic N) is 1. The van der Waals surface area contributed by atoms with E-state index in [2.05, 4.69) is 39.2 Å². The van der Waals surface area contributed by atoms with Crippen LogP contribution in [0.15, 0.2) is 23.1 Å². The van der Waals surface area contributed by atoms with Gasteiger partial charge in [0.15, 0.2) is 8.32 Å². The summed E-state index contributed by atoms with van der Waals surface area (Å²) in [5, 5.41) is 3.06. The lowest BCUT2D eigenvalue weighted by Crippen LogP contribution is -2.41. The van der Waals surface area contributed by atoms with Gasteiger partial charge < -0.3 is 14.5 Å². The maximum absolute atomic E-state index is 12.3. The third kappa shape index (κ3) is 4.72. The maximum atomic E-state index is 12.3. The van der Waals surface area contributed by atoms with Crippen LogP contribution in [0.4, 0.5) is 16.2 Å². The molecule has 6 nitrogen and oxygen atoms in total. The van der Waals surface area contributed by atoms with Crippen LogP contribution >= 0.6 is 11.8 Å². The Kier molecular flexibility index (Phi) is 6.12. The highest BCUT2D eigenvalue weighted by Crippen LogP contribution is 2.37. The predicted molar refractivity (Wildman–Crippen MR) is 116 cm³/mol. The summed E-state index contributed by atoms with van der Waals surface area (Å²) in [7, 11) is -1.74. The molecule has 0 radical (unpaired) electrons. The minimum Gasteiger partial charge on any atom is -0.444 e. The third-order valence-electron chi connectivity index (χ3n) is 5.72. The molecule has 0 spiro atoms. The lowest BCUT2D eigenvalue weighted by molar-refractivity contribution is -0.113. The van der Waals surface area contributed by atoms with E-state index in [0.29, 0.717) is 18.9 Å². The molecule has 0 aromatic heterocycles. The molecular formula is C20H30N2O4SSi. The van der Waals surface area contributed by atoms with Gasteiger partial charge in [-0.3, -0.25) is 9.69 Å². The van der Waals surface area contributed by atoms with Crippen molar-refractivity contribution < 1.29 is 18.8 Å². The first-order valence-corrected chi connectivity index (χ1v) is 13.6. The Labute approximate surface area is 172 Å². The molecule has 2 amide bonds. The van der Waals surface area contributed by atoms with Crippen LogP contribution < -0.4 is 10.2 Å². The molecule has 1 N–H and O–H groups in total. The second-order valence-corrected chi connectivity index (χ2v) is 14.7. The van der Waals surface area contributed by atoms with E-state index in [-0.39, 0.29) is 23.1 Å². The van der Waals surface area contributed by atoms with Crippen molar-refractivity contribution in [2.45, 2.75) is 62.7 Å². The van der Waals surface area contributed by atoms with Gasteiger partial charge in [0.2, 0.25) is 5.91 Å². The van der Waals surface area contributed by atoms with Crippen LogP contribution in [0.1, 0.15) is 33.6 Å². The zero-order valence-corrected chi connectivity index (χ0v) is 19.1. The SMILES string of the molecule is CC(C)(C)[Si](C)(C)OCCC[C@@H]1CN(c2ccc3c(c2)NC(=O)CS3)C(=O)O1. The van der Waals surface area contributed by atoms with E-state index in [1.165, 1.54) is 11.8 Å². The number of hydrogen-bond acceptors (Lipinski definition) is 5. The van der Waals surface area contributed by atoms with Gasteiger partial charge in [-0.1, -0.05) is 20.8 Å². The van der Waals surface area contributed by atoms with E-state index < -0.39 is 8.32 Å². The number of cyclic esters (lactones) is 1. The zero-order chi connectivity index (χ0) is 20.5. The number of carbonyl (C=O) groups is 2. The first kappa shape index (κ1) is 21.2. The number of carbonyl (C=O) groups excluding carboxylic acids is 2. The van der Waals surface area contributed by atoms with E-state index in [1.807, 2.05) is 18.2 Å². The van der Waals surface area contributed by atoms with Crippen molar-refractivity contribution in [2.24, 2.45) is 0 Å². The van der Waals surface area contributed by atoms with E-state index in [4.69, 9.17) is 9.16 Å². The zero-order valence-electron chi connectivity index (χ0n) is 17.3. The van der Waals surface area contributed by atoms with E-state index >= 15 is 0 Å². The van der Waals surface area contributed by atoms with Gasteiger partial charge in [0, 0.05) is 17.2 Å². The fraction of sp³-hybridized carbons (Fsp3) is 0.600. The van der Waals surface area contributed by atoms with Crippen LogP contribution in [0, 0.1) is 0 Å². The molecule has 1 fully saturated rings. The quantitative estimate of drug-likeness (QED) is 0.524. The predicted octanol–water partition coefficient (Wildman–Crippen LogP) is 4.86. The molecule has 0 unspecified atom stereocenters. The number of fused-ring (bicyclic) bond motifs is 1. The Morgan fingerprint density at radius 1 is 1.32 bits per heavy atom. The molecule has 1 saturated heterocycles. The van der Waals surface area contributed by atoms with Crippen molar-refractivity contribution in [3.63, 3.8) is 0 Å². The maximum Gasteiger partial charge on any atom is 0.414 e. The number of thioether (sulfide) groups is 1. The molecule has 1 aromatic rings. The number of ether oxygens (including phenoxy) is 1. The molecule has 2 aliphatic rings. The van der Waals surface area contributed by atoms with Crippen molar-refractivity contribution >= 4 is 43.5 Å². The molecule has 0 saturated carbocycles. The Morgan fingerprint density at radius 2 is 2.07 bits per heavy atom. The number of rotatable bonds is 6. The first-order chi connectivity index (χ1) is 13.1. The summed E-state index contributed by atoms with van der Waals surface area (Å²) in [6.45, 7) is 12.4. The minimum atomic E-state index is -1.74. The van der Waals surface area contributed by atoms with Gasteiger partial charge in [0.25, 0.3) is 0 Å². The molecule has 3 rings (SSSR count). The molecule has 2 aliphatic heterocycles. The number of anilines is 2. The number of amides is 2.